The monoisotopic (exact) mass is 540 g/mol. The highest BCUT2D eigenvalue weighted by molar-refractivity contribution is 6.09. The molecule has 1 aliphatic carbocycles. The number of methoxy groups -OCH3 is 1. The molecule has 3 saturated heterocycles. The van der Waals surface area contributed by atoms with Crippen molar-refractivity contribution in [2.45, 2.75) is 18.4 Å². The largest absolute Gasteiger partial charge is 0.494 e. The number of likely N-dealkylation sites (tertiary alicyclic amines) is 2. The zero-order valence-corrected chi connectivity index (χ0v) is 22.0. The number of nitrogens with one attached hydrogen (secondary N) is 4. The number of nitrogens with zero attached hydrogens (tertiary/aromatic N) is 2. The van der Waals surface area contributed by atoms with Crippen LogP contribution >= 0.6 is 0 Å². The molecule has 5 amide bonds. The Kier molecular flexibility index (Phi) is 7.30. The Morgan fingerprint density at radius 3 is 2.74 bits per heavy atom. The van der Waals surface area contributed by atoms with E-state index in [1.165, 1.54) is 24.2 Å². The molecule has 3 atom stereocenters. The van der Waals surface area contributed by atoms with Crippen LogP contribution in [0.3, 0.4) is 0 Å². The van der Waals surface area contributed by atoms with Gasteiger partial charge >= 0.3 is 6.03 Å². The van der Waals surface area contributed by atoms with Crippen molar-refractivity contribution in [3.8, 4) is 0 Å². The Bertz CT molecular complexity index is 1230. The fourth-order valence-corrected chi connectivity index (χ4v) is 5.66. The maximum Gasteiger partial charge on any atom is 0.322 e. The fourth-order valence-electron chi connectivity index (χ4n) is 5.66. The summed E-state index contributed by atoms with van der Waals surface area (Å²) in [6.45, 7) is 2.24. The van der Waals surface area contributed by atoms with Crippen LogP contribution in [0.25, 0.3) is 0 Å². The first-order valence-electron chi connectivity index (χ1n) is 13.1. The van der Waals surface area contributed by atoms with Crippen molar-refractivity contribution >= 4 is 23.8 Å². The smallest absolute Gasteiger partial charge is 0.322 e. The second-order valence-corrected chi connectivity index (χ2v) is 10.6. The molecular weight excluding hydrogens is 507 g/mol. The quantitative estimate of drug-likeness (QED) is 0.344. The van der Waals surface area contributed by atoms with E-state index in [9.17, 15) is 23.6 Å². The average molecular weight is 541 g/mol. The van der Waals surface area contributed by atoms with Gasteiger partial charge in [-0.25, -0.2) is 9.18 Å². The second-order valence-electron chi connectivity index (χ2n) is 10.6. The van der Waals surface area contributed by atoms with Crippen LogP contribution in [-0.4, -0.2) is 86.0 Å². The van der Waals surface area contributed by atoms with Crippen LogP contribution in [0, 0.1) is 17.8 Å². The van der Waals surface area contributed by atoms with Gasteiger partial charge in [-0.15, -0.1) is 0 Å². The van der Waals surface area contributed by atoms with E-state index in [1.807, 2.05) is 7.05 Å². The van der Waals surface area contributed by atoms with Gasteiger partial charge in [-0.05, 0) is 56.8 Å². The van der Waals surface area contributed by atoms with E-state index in [0.29, 0.717) is 17.8 Å². The molecule has 0 saturated carbocycles. The van der Waals surface area contributed by atoms with Crippen LogP contribution in [0.5, 0.6) is 0 Å². The number of ether oxygens (including phenoxy) is 1. The minimum absolute atomic E-state index is 0.00946. The number of halogens is 1. The number of dihydropyridines is 1. The third-order valence-electron chi connectivity index (χ3n) is 7.90. The maximum atomic E-state index is 14.9. The number of fused-ring (bicyclic) bond motifs is 1. The zero-order chi connectivity index (χ0) is 27.7. The molecule has 0 aromatic rings. The minimum atomic E-state index is -1.54. The van der Waals surface area contributed by atoms with Crippen LogP contribution in [-0.2, 0) is 19.1 Å². The number of hydrogen-bond donors (Lipinski definition) is 4. The highest BCUT2D eigenvalue weighted by atomic mass is 19.1. The summed E-state index contributed by atoms with van der Waals surface area (Å²) < 4.78 is 19.9. The molecule has 5 aliphatic rings. The summed E-state index contributed by atoms with van der Waals surface area (Å²) in [7, 11) is 3.38. The van der Waals surface area contributed by atoms with Crippen molar-refractivity contribution in [3.63, 3.8) is 0 Å². The zero-order valence-electron chi connectivity index (χ0n) is 22.0. The first kappa shape index (κ1) is 26.7. The molecule has 39 heavy (non-hydrogen) atoms. The predicted octanol–water partition coefficient (Wildman–Crippen LogP) is 0.422. The summed E-state index contributed by atoms with van der Waals surface area (Å²) in [6.07, 6.45) is 11.6. The Morgan fingerprint density at radius 2 is 2.05 bits per heavy atom. The van der Waals surface area contributed by atoms with Crippen molar-refractivity contribution < 1.29 is 28.3 Å². The lowest BCUT2D eigenvalue weighted by Gasteiger charge is -2.29. The molecule has 4 N–H and O–H groups in total. The molecule has 0 spiro atoms. The van der Waals surface area contributed by atoms with Gasteiger partial charge in [0.25, 0.3) is 5.91 Å². The van der Waals surface area contributed by atoms with Gasteiger partial charge in [-0.2, -0.15) is 0 Å². The number of allylic oxidation sites excluding steroid dienone is 4. The van der Waals surface area contributed by atoms with Gasteiger partial charge in [-0.3, -0.25) is 19.7 Å². The average Bonchev–Trinajstić information content (AvgIpc) is 3.38. The third kappa shape index (κ3) is 5.33. The van der Waals surface area contributed by atoms with E-state index >= 15 is 0 Å². The second kappa shape index (κ2) is 10.7. The molecule has 0 bridgehead atoms. The van der Waals surface area contributed by atoms with Crippen molar-refractivity contribution in [3.05, 3.63) is 59.4 Å². The first-order valence-corrected chi connectivity index (χ1v) is 13.1. The Balaban J connectivity index is 1.30. The van der Waals surface area contributed by atoms with Gasteiger partial charge in [0, 0.05) is 30.3 Å². The molecular formula is C27H33FN6O5. The van der Waals surface area contributed by atoms with Crippen LogP contribution < -0.4 is 21.3 Å². The molecule has 0 radical (unpaired) electrons. The topological polar surface area (TPSA) is 132 Å². The van der Waals surface area contributed by atoms with Crippen molar-refractivity contribution in [2.24, 2.45) is 17.8 Å². The SMILES string of the molecule is COC1=C(F)C2C(=O)N(C[C@@]3(C=CC4=CNCC(NC(=O)C5CCN(C)CC5)=C4)NC(=O)NC3=O)CC2C=C1. The van der Waals surface area contributed by atoms with Gasteiger partial charge in [0.05, 0.1) is 20.2 Å². The fraction of sp³-hybridized carbons (Fsp3) is 0.481. The van der Waals surface area contributed by atoms with E-state index in [-0.39, 0.29) is 30.7 Å². The van der Waals surface area contributed by atoms with Gasteiger partial charge in [0.2, 0.25) is 11.8 Å². The molecule has 208 valence electrons. The molecule has 0 aromatic carbocycles. The number of carbonyl (C=O) groups excluding carboxylic acids is 4. The van der Waals surface area contributed by atoms with Gasteiger partial charge < -0.3 is 30.5 Å². The molecule has 3 fully saturated rings. The number of rotatable bonds is 7. The molecule has 4 aliphatic heterocycles. The maximum absolute atomic E-state index is 14.9. The summed E-state index contributed by atoms with van der Waals surface area (Å²) in [6, 6.07) is -0.682. The first-order chi connectivity index (χ1) is 18.7. The van der Waals surface area contributed by atoms with Crippen molar-refractivity contribution in [1.82, 2.24) is 31.1 Å². The summed E-state index contributed by atoms with van der Waals surface area (Å²) in [5, 5.41) is 11.0. The molecule has 2 unspecified atom stereocenters. The van der Waals surface area contributed by atoms with Crippen molar-refractivity contribution in [2.75, 3.05) is 46.9 Å². The van der Waals surface area contributed by atoms with E-state index < -0.39 is 41.0 Å². The normalized spacial score (nSPS) is 29.6. The number of piperidine rings is 1. The molecule has 12 heteroatoms. The lowest BCUT2D eigenvalue weighted by Crippen LogP contribution is -2.54. The Morgan fingerprint density at radius 1 is 1.28 bits per heavy atom. The summed E-state index contributed by atoms with van der Waals surface area (Å²) in [5.74, 6) is -3.19. The predicted molar refractivity (Wildman–Crippen MR) is 139 cm³/mol. The van der Waals surface area contributed by atoms with E-state index in [1.54, 1.807) is 24.4 Å². The van der Waals surface area contributed by atoms with Crippen molar-refractivity contribution in [1.29, 1.82) is 0 Å². The summed E-state index contributed by atoms with van der Waals surface area (Å²) >= 11 is 0. The number of carbonyl (C=O) groups is 4. The number of urea groups is 1. The Hall–Kier alpha value is -3.93. The number of hydrogen-bond acceptors (Lipinski definition) is 7. The van der Waals surface area contributed by atoms with Gasteiger partial charge in [-0.1, -0.05) is 12.2 Å². The molecule has 4 heterocycles. The molecule has 0 aromatic heterocycles. The van der Waals surface area contributed by atoms with Gasteiger partial charge in [0.15, 0.2) is 17.1 Å². The van der Waals surface area contributed by atoms with Crippen LogP contribution in [0.2, 0.25) is 0 Å². The van der Waals surface area contributed by atoms with E-state index in [4.69, 9.17) is 4.74 Å². The van der Waals surface area contributed by atoms with Crippen LogP contribution in [0.4, 0.5) is 9.18 Å². The Labute approximate surface area is 225 Å². The van der Waals surface area contributed by atoms with Crippen LogP contribution in [0.15, 0.2) is 59.4 Å². The standard InChI is InChI=1S/C27H33FN6O5/c1-33-9-6-17(7-10-33)23(35)30-19-11-16(12-29-13-19)5-8-27(25(37)31-26(38)32-27)15-34-14-18-3-4-20(39-2)22(28)21(18)24(34)36/h3-5,8,11-12,17-18,21,29H,6-7,9-10,13-15H2,1-2H3,(H,30,35)(H2,31,32,37,38)/t18?,21?,27-/m1/s1. The highest BCUT2D eigenvalue weighted by Crippen LogP contribution is 2.38. The minimum Gasteiger partial charge on any atom is -0.494 e. The lowest BCUT2D eigenvalue weighted by atomic mass is 9.89. The number of amides is 5. The molecule has 5 rings (SSSR count). The van der Waals surface area contributed by atoms with Gasteiger partial charge in [0.1, 0.15) is 5.92 Å². The summed E-state index contributed by atoms with van der Waals surface area (Å²) in [4.78, 5) is 54.6. The van der Waals surface area contributed by atoms with E-state index in [0.717, 1.165) is 25.9 Å². The lowest BCUT2D eigenvalue weighted by molar-refractivity contribution is -0.132. The number of imide groups is 1. The third-order valence-corrected chi connectivity index (χ3v) is 7.90. The van der Waals surface area contributed by atoms with Crippen LogP contribution in [0.1, 0.15) is 12.8 Å². The highest BCUT2D eigenvalue weighted by Gasteiger charge is 2.51. The molecule has 11 nitrogen and oxygen atoms in total. The van der Waals surface area contributed by atoms with E-state index in [2.05, 4.69) is 26.2 Å². The summed E-state index contributed by atoms with van der Waals surface area (Å²) in [5.41, 5.74) is -0.189.